The zero-order chi connectivity index (χ0) is 29.5. The van der Waals surface area contributed by atoms with Crippen LogP contribution in [0, 0.1) is 17.1 Å². The number of carbonyl (C=O) groups excluding carboxylic acids is 2. The molecule has 9 nitrogen and oxygen atoms in total. The summed E-state index contributed by atoms with van der Waals surface area (Å²) in [6.45, 7) is 2.07. The molecule has 0 aliphatic rings. The monoisotopic (exact) mass is 555 g/mol. The molecule has 0 radical (unpaired) electrons. The normalized spacial score (nSPS) is 11.6. The van der Waals surface area contributed by atoms with E-state index in [4.69, 9.17) is 4.42 Å². The highest BCUT2D eigenvalue weighted by atomic mass is 19.1. The van der Waals surface area contributed by atoms with Crippen molar-refractivity contribution >= 4 is 23.3 Å². The van der Waals surface area contributed by atoms with Gasteiger partial charge in [0.25, 0.3) is 5.91 Å². The predicted molar refractivity (Wildman–Crippen MR) is 154 cm³/mol. The van der Waals surface area contributed by atoms with Gasteiger partial charge < -0.3 is 25.1 Å². The Bertz CT molecular complexity index is 1590. The maximum atomic E-state index is 13.7. The summed E-state index contributed by atoms with van der Waals surface area (Å²) in [5, 5.41) is 26.1. The predicted octanol–water partition coefficient (Wildman–Crippen LogP) is 6.04. The van der Waals surface area contributed by atoms with Gasteiger partial charge in [0.15, 0.2) is 11.6 Å². The number of nitrogens with one attached hydrogen (secondary N) is 2. The average molecular weight is 556 g/mol. The summed E-state index contributed by atoms with van der Waals surface area (Å²) < 4.78 is 18.9. The van der Waals surface area contributed by atoms with Crippen LogP contribution in [0.25, 0.3) is 22.4 Å². The lowest BCUT2D eigenvalue weighted by Crippen LogP contribution is -2.32. The van der Waals surface area contributed by atoms with Crippen LogP contribution >= 0.6 is 0 Å². The molecule has 10 heteroatoms. The summed E-state index contributed by atoms with van der Waals surface area (Å²) >= 11 is 0. The molecule has 0 aliphatic carbocycles. The number of hydrogen-bond acceptors (Lipinski definition) is 7. The molecule has 0 fully saturated rings. The van der Waals surface area contributed by atoms with Gasteiger partial charge in [-0.2, -0.15) is 5.26 Å². The van der Waals surface area contributed by atoms with E-state index in [0.29, 0.717) is 23.2 Å². The van der Waals surface area contributed by atoms with Crippen LogP contribution in [0.5, 0.6) is 5.75 Å². The first-order chi connectivity index (χ1) is 19.7. The molecule has 4 aromatic rings. The fourth-order valence-electron chi connectivity index (χ4n) is 4.48. The first kappa shape index (κ1) is 29.0. The zero-order valence-electron chi connectivity index (χ0n) is 22.9. The quantitative estimate of drug-likeness (QED) is 0.217. The minimum Gasteiger partial charge on any atom is -0.507 e. The Labute approximate surface area is 237 Å². The summed E-state index contributed by atoms with van der Waals surface area (Å²) in [6, 6.07) is 17.2. The van der Waals surface area contributed by atoms with Gasteiger partial charge in [-0.15, -0.1) is 0 Å². The lowest BCUT2D eigenvalue weighted by atomic mass is 9.97. The van der Waals surface area contributed by atoms with E-state index in [9.17, 15) is 24.3 Å². The van der Waals surface area contributed by atoms with Gasteiger partial charge in [0.05, 0.1) is 12.0 Å². The number of furan rings is 1. The summed E-state index contributed by atoms with van der Waals surface area (Å²) in [6.07, 6.45) is 3.50. The van der Waals surface area contributed by atoms with Crippen LogP contribution in [0.3, 0.4) is 0 Å². The number of aromatic nitrogens is 1. The van der Waals surface area contributed by atoms with Gasteiger partial charge in [-0.25, -0.2) is 9.37 Å². The minimum absolute atomic E-state index is 0.0103. The van der Waals surface area contributed by atoms with E-state index in [1.54, 1.807) is 36.4 Å². The topological polar surface area (TPSA) is 131 Å². The number of amides is 2. The van der Waals surface area contributed by atoms with Crippen LogP contribution in [-0.4, -0.2) is 46.9 Å². The molecule has 4 rings (SSSR count). The van der Waals surface area contributed by atoms with Crippen LogP contribution in [-0.2, 0) is 4.79 Å². The van der Waals surface area contributed by atoms with Gasteiger partial charge >= 0.3 is 0 Å². The third kappa shape index (κ3) is 6.96. The zero-order valence-corrected chi connectivity index (χ0v) is 22.9. The number of phenols is 1. The van der Waals surface area contributed by atoms with Crippen molar-refractivity contribution < 1.29 is 23.5 Å². The number of aromatic hydroxyl groups is 1. The Morgan fingerprint density at radius 2 is 1.90 bits per heavy atom. The molecule has 0 saturated carbocycles. The number of rotatable bonds is 10. The molecule has 41 heavy (non-hydrogen) atoms. The van der Waals surface area contributed by atoms with Crippen molar-refractivity contribution in [1.29, 1.82) is 5.26 Å². The number of pyridine rings is 1. The number of anilines is 2. The minimum atomic E-state index is -0.634. The fraction of sp³-hybridized carbons (Fsp3) is 0.226. The highest BCUT2D eigenvalue weighted by molar-refractivity contribution is 6.03. The van der Waals surface area contributed by atoms with Crippen molar-refractivity contribution in [3.05, 3.63) is 84.1 Å². The van der Waals surface area contributed by atoms with Crippen molar-refractivity contribution in [2.45, 2.75) is 32.2 Å². The molecular formula is C31H30FN5O4. The molecule has 2 aromatic heterocycles. The maximum absolute atomic E-state index is 13.7. The molecule has 3 N–H and O–H groups in total. The van der Waals surface area contributed by atoms with E-state index in [-0.39, 0.29) is 46.1 Å². The number of phenolic OH excluding ortho intramolecular Hbond substituents is 1. The number of nitrogens with zero attached hydrogens (tertiary/aromatic N) is 3. The van der Waals surface area contributed by atoms with Crippen LogP contribution in [0.2, 0.25) is 0 Å². The Kier molecular flexibility index (Phi) is 9.12. The Balaban J connectivity index is 1.76. The average Bonchev–Trinajstić information content (AvgIpc) is 3.48. The summed E-state index contributed by atoms with van der Waals surface area (Å²) in [5.74, 6) is -1.84. The van der Waals surface area contributed by atoms with Gasteiger partial charge in [0, 0.05) is 35.3 Å². The van der Waals surface area contributed by atoms with Gasteiger partial charge in [-0.1, -0.05) is 25.5 Å². The van der Waals surface area contributed by atoms with Crippen LogP contribution in [0.4, 0.5) is 15.9 Å². The molecular weight excluding hydrogens is 525 g/mol. The first-order valence-electron chi connectivity index (χ1n) is 13.1. The molecule has 0 bridgehead atoms. The molecule has 2 amide bonds. The van der Waals surface area contributed by atoms with E-state index < -0.39 is 11.7 Å². The second-order valence-electron chi connectivity index (χ2n) is 9.72. The molecule has 0 spiro atoms. The van der Waals surface area contributed by atoms with E-state index in [2.05, 4.69) is 28.6 Å². The summed E-state index contributed by atoms with van der Waals surface area (Å²) in [5.41, 5.74) is 1.89. The molecule has 2 aromatic carbocycles. The lowest BCUT2D eigenvalue weighted by Gasteiger charge is -2.23. The van der Waals surface area contributed by atoms with Crippen molar-refractivity contribution in [2.75, 3.05) is 24.7 Å². The van der Waals surface area contributed by atoms with Crippen molar-refractivity contribution in [2.24, 2.45) is 0 Å². The molecule has 2 heterocycles. The maximum Gasteiger partial charge on any atom is 0.292 e. The van der Waals surface area contributed by atoms with E-state index in [0.717, 1.165) is 18.9 Å². The Hall–Kier alpha value is -5.01. The van der Waals surface area contributed by atoms with Crippen LogP contribution in [0.1, 0.15) is 42.3 Å². The smallest absolute Gasteiger partial charge is 0.292 e. The molecule has 210 valence electrons. The second kappa shape index (κ2) is 12.9. The van der Waals surface area contributed by atoms with Crippen molar-refractivity contribution in [3.8, 4) is 34.2 Å². The third-order valence-corrected chi connectivity index (χ3v) is 6.57. The van der Waals surface area contributed by atoms with Gasteiger partial charge in [0.1, 0.15) is 23.2 Å². The summed E-state index contributed by atoms with van der Waals surface area (Å²) in [4.78, 5) is 32.1. The lowest BCUT2D eigenvalue weighted by molar-refractivity contribution is -0.117. The highest BCUT2D eigenvalue weighted by Crippen LogP contribution is 2.36. The van der Waals surface area contributed by atoms with E-state index in [1.165, 1.54) is 24.5 Å². The molecule has 1 unspecified atom stereocenters. The number of hydrogen-bond donors (Lipinski definition) is 3. The molecule has 1 atom stereocenters. The third-order valence-electron chi connectivity index (χ3n) is 6.57. The number of benzene rings is 2. The van der Waals surface area contributed by atoms with Crippen LogP contribution in [0.15, 0.2) is 71.3 Å². The van der Waals surface area contributed by atoms with Gasteiger partial charge in [-0.05, 0) is 68.5 Å². The van der Waals surface area contributed by atoms with Crippen molar-refractivity contribution in [1.82, 2.24) is 9.88 Å². The molecule has 0 aliphatic heterocycles. The van der Waals surface area contributed by atoms with Crippen molar-refractivity contribution in [3.63, 3.8) is 0 Å². The largest absolute Gasteiger partial charge is 0.507 e. The van der Waals surface area contributed by atoms with E-state index >= 15 is 0 Å². The van der Waals surface area contributed by atoms with E-state index in [1.807, 2.05) is 19.0 Å². The Morgan fingerprint density at radius 1 is 1.10 bits per heavy atom. The van der Waals surface area contributed by atoms with Crippen LogP contribution < -0.4 is 10.6 Å². The highest BCUT2D eigenvalue weighted by Gasteiger charge is 2.21. The number of halogens is 1. The second-order valence-corrected chi connectivity index (χ2v) is 9.72. The fourth-order valence-corrected chi connectivity index (χ4v) is 4.48. The SMILES string of the molecule is CCCC(CC(=O)Nc1cccc(-c2cc(-c3ccc(F)cc3O)nc(NC(=O)c3ccco3)c2C#N)c1)N(C)C. The number of carbonyl (C=O) groups is 2. The number of nitriles is 1. The van der Waals surface area contributed by atoms with Gasteiger partial charge in [-0.3, -0.25) is 9.59 Å². The van der Waals surface area contributed by atoms with Gasteiger partial charge in [0.2, 0.25) is 5.91 Å². The standard InChI is InChI=1S/C31H30FN5O4/c1-4-7-22(37(2)3)16-29(39)34-21-9-5-8-19(14-21)24-17-26(23-12-11-20(32)15-27(23)38)35-30(25(24)18-33)36-31(40)28-10-6-13-41-28/h5-6,8-15,17,22,38H,4,7,16H2,1-3H3,(H,34,39)(H,35,36,40). The first-order valence-corrected chi connectivity index (χ1v) is 13.1. The Morgan fingerprint density at radius 3 is 2.56 bits per heavy atom. The molecule has 0 saturated heterocycles. The summed E-state index contributed by atoms with van der Waals surface area (Å²) in [7, 11) is 3.89.